The van der Waals surface area contributed by atoms with E-state index in [2.05, 4.69) is 9.67 Å². The third-order valence-corrected chi connectivity index (χ3v) is 6.79. The lowest BCUT2D eigenvalue weighted by Gasteiger charge is -2.11. The second-order valence-corrected chi connectivity index (χ2v) is 10.0. The first-order chi connectivity index (χ1) is 15.2. The van der Waals surface area contributed by atoms with Crippen LogP contribution in [0, 0.1) is 6.92 Å². The third kappa shape index (κ3) is 5.83. The summed E-state index contributed by atoms with van der Waals surface area (Å²) < 4.78 is 34.7. The largest absolute Gasteiger partial charge is 0.449 e. The van der Waals surface area contributed by atoms with Crippen LogP contribution in [0.1, 0.15) is 43.9 Å². The highest BCUT2D eigenvalue weighted by molar-refractivity contribution is 7.90. The second-order valence-electron chi connectivity index (χ2n) is 7.77. The zero-order valence-electron chi connectivity index (χ0n) is 18.6. The molecular formula is C22H29ClN4O4S. The van der Waals surface area contributed by atoms with Gasteiger partial charge in [0.25, 0.3) is 0 Å². The molecule has 2 heterocycles. The maximum Gasteiger partial charge on any atom is 0.420 e. The number of hydrogen-bond acceptors (Lipinski definition) is 5. The molecule has 1 aromatic carbocycles. The number of halogens is 1. The van der Waals surface area contributed by atoms with Gasteiger partial charge in [0.05, 0.1) is 23.6 Å². The van der Waals surface area contributed by atoms with Gasteiger partial charge in [-0.15, -0.1) is 0 Å². The van der Waals surface area contributed by atoms with E-state index in [9.17, 15) is 13.2 Å². The molecule has 0 aliphatic heterocycles. The summed E-state index contributed by atoms with van der Waals surface area (Å²) in [7, 11) is -1.77. The lowest BCUT2D eigenvalue weighted by Crippen LogP contribution is -2.33. The van der Waals surface area contributed by atoms with Gasteiger partial charge in [-0.2, -0.15) is 5.10 Å². The number of sulfonamides is 1. The molecule has 1 amide bonds. The van der Waals surface area contributed by atoms with Gasteiger partial charge >= 0.3 is 6.09 Å². The van der Waals surface area contributed by atoms with Crippen molar-refractivity contribution >= 4 is 38.6 Å². The van der Waals surface area contributed by atoms with Crippen molar-refractivity contribution in [1.82, 2.24) is 19.1 Å². The smallest absolute Gasteiger partial charge is 0.420 e. The molecule has 0 radical (unpaired) electrons. The summed E-state index contributed by atoms with van der Waals surface area (Å²) in [5, 5.41) is 6.27. The molecule has 3 aromatic rings. The van der Waals surface area contributed by atoms with Crippen LogP contribution >= 0.6 is 11.6 Å². The maximum absolute atomic E-state index is 11.9. The fraction of sp³-hybridized carbons (Fsp3) is 0.455. The monoisotopic (exact) mass is 480 g/mol. The van der Waals surface area contributed by atoms with E-state index < -0.39 is 16.1 Å². The summed E-state index contributed by atoms with van der Waals surface area (Å²) in [6, 6.07) is 7.74. The fourth-order valence-electron chi connectivity index (χ4n) is 3.75. The van der Waals surface area contributed by atoms with Gasteiger partial charge < -0.3 is 9.30 Å². The Morgan fingerprint density at radius 2 is 2.00 bits per heavy atom. The zero-order valence-corrected chi connectivity index (χ0v) is 20.2. The van der Waals surface area contributed by atoms with Crippen molar-refractivity contribution < 1.29 is 17.9 Å². The summed E-state index contributed by atoms with van der Waals surface area (Å²) in [6.45, 7) is 4.03. The van der Waals surface area contributed by atoms with Crippen molar-refractivity contribution in [1.29, 1.82) is 0 Å². The van der Waals surface area contributed by atoms with E-state index in [0.717, 1.165) is 40.8 Å². The van der Waals surface area contributed by atoms with Crippen molar-refractivity contribution in [3.8, 4) is 5.82 Å². The Labute approximate surface area is 193 Å². The average Bonchev–Trinajstić information content (AvgIpc) is 3.24. The Hall–Kier alpha value is -2.52. The van der Waals surface area contributed by atoms with Crippen LogP contribution in [0.5, 0.6) is 0 Å². The highest BCUT2D eigenvalue weighted by Gasteiger charge is 2.18. The number of aryl methyl sites for hydroxylation is 2. The Bertz CT molecular complexity index is 1200. The quantitative estimate of drug-likeness (QED) is 0.431. The molecule has 0 unspecified atom stereocenters. The predicted octanol–water partition coefficient (Wildman–Crippen LogP) is 4.50. The Balaban J connectivity index is 1.62. The third-order valence-electron chi connectivity index (χ3n) is 5.25. The first kappa shape index (κ1) is 24.1. The first-order valence-electron chi connectivity index (χ1n) is 10.7. The van der Waals surface area contributed by atoms with Crippen molar-refractivity contribution in [2.24, 2.45) is 7.05 Å². The number of hydrogen-bond donors (Lipinski definition) is 1. The molecule has 0 spiro atoms. The lowest BCUT2D eigenvalue weighted by molar-refractivity contribution is 0.151. The van der Waals surface area contributed by atoms with Gasteiger partial charge in [0.1, 0.15) is 5.82 Å². The number of fused-ring (bicyclic) bond motifs is 1. The Kier molecular flexibility index (Phi) is 7.84. The lowest BCUT2D eigenvalue weighted by atomic mass is 10.1. The number of rotatable bonds is 10. The maximum atomic E-state index is 11.9. The molecule has 8 nitrogen and oxygen atoms in total. The number of carbonyl (C=O) groups is 1. The van der Waals surface area contributed by atoms with Crippen LogP contribution in [0.4, 0.5) is 4.79 Å². The van der Waals surface area contributed by atoms with Crippen LogP contribution in [0.3, 0.4) is 0 Å². The van der Waals surface area contributed by atoms with Crippen LogP contribution in [-0.4, -0.2) is 41.2 Å². The number of ether oxygens (including phenoxy) is 1. The van der Waals surface area contributed by atoms with E-state index >= 15 is 0 Å². The molecule has 0 fully saturated rings. The standard InChI is InChI=1S/C22H29ClN4O4S/c1-4-5-6-14-32(29,30)25-22(28)31-13-7-8-19-16(2)24-26(3)21(19)27-12-11-17-15-18(23)9-10-20(17)27/h9-12,15H,4-8,13-14H2,1-3H3,(H,25,28). The number of unbranched alkanes of at least 4 members (excludes halogenated alkanes) is 2. The Morgan fingerprint density at radius 3 is 2.75 bits per heavy atom. The van der Waals surface area contributed by atoms with E-state index in [1.165, 1.54) is 0 Å². The number of aromatic nitrogens is 3. The van der Waals surface area contributed by atoms with E-state index in [1.807, 2.05) is 60.8 Å². The van der Waals surface area contributed by atoms with Crippen molar-refractivity contribution in [2.45, 2.75) is 46.0 Å². The van der Waals surface area contributed by atoms with Crippen LogP contribution < -0.4 is 4.72 Å². The number of nitrogens with zero attached hydrogens (tertiary/aromatic N) is 3. The topological polar surface area (TPSA) is 95.2 Å². The molecular weight excluding hydrogens is 452 g/mol. The highest BCUT2D eigenvalue weighted by atomic mass is 35.5. The highest BCUT2D eigenvalue weighted by Crippen LogP contribution is 2.27. The van der Waals surface area contributed by atoms with Gasteiger partial charge in [-0.05, 0) is 50.5 Å². The number of amides is 1. The van der Waals surface area contributed by atoms with Gasteiger partial charge in [-0.3, -0.25) is 4.68 Å². The summed E-state index contributed by atoms with van der Waals surface area (Å²) in [5.41, 5.74) is 2.94. The molecule has 0 aliphatic rings. The van der Waals surface area contributed by atoms with E-state index in [1.54, 1.807) is 0 Å². The van der Waals surface area contributed by atoms with Gasteiger partial charge in [0.15, 0.2) is 0 Å². The molecule has 1 N–H and O–H groups in total. The van der Waals surface area contributed by atoms with Crippen LogP contribution in [0.2, 0.25) is 5.02 Å². The van der Waals surface area contributed by atoms with E-state index in [0.29, 0.717) is 24.3 Å². The minimum Gasteiger partial charge on any atom is -0.449 e. The van der Waals surface area contributed by atoms with Crippen LogP contribution in [-0.2, 0) is 28.2 Å². The molecule has 0 saturated heterocycles. The summed E-state index contributed by atoms with van der Waals surface area (Å²) >= 11 is 6.11. The molecule has 10 heteroatoms. The Morgan fingerprint density at radius 1 is 1.22 bits per heavy atom. The fourth-order valence-corrected chi connectivity index (χ4v) is 4.92. The summed E-state index contributed by atoms with van der Waals surface area (Å²) in [4.78, 5) is 11.9. The minimum absolute atomic E-state index is 0.0791. The van der Waals surface area contributed by atoms with E-state index in [-0.39, 0.29) is 12.4 Å². The number of benzene rings is 1. The van der Waals surface area contributed by atoms with Gasteiger partial charge in [0.2, 0.25) is 10.0 Å². The van der Waals surface area contributed by atoms with Crippen molar-refractivity contribution in [3.63, 3.8) is 0 Å². The normalized spacial score (nSPS) is 11.8. The van der Waals surface area contributed by atoms with Gasteiger partial charge in [-0.25, -0.2) is 17.9 Å². The SMILES string of the molecule is CCCCCS(=O)(=O)NC(=O)OCCCc1c(C)nn(C)c1-n1ccc2cc(Cl)ccc21. The predicted molar refractivity (Wildman–Crippen MR) is 126 cm³/mol. The molecule has 0 atom stereocenters. The van der Waals surface area contributed by atoms with Crippen molar-refractivity contribution in [3.05, 3.63) is 46.7 Å². The summed E-state index contributed by atoms with van der Waals surface area (Å²) in [6.07, 6.45) is 4.43. The first-order valence-corrected chi connectivity index (χ1v) is 12.7. The summed E-state index contributed by atoms with van der Waals surface area (Å²) in [5.74, 6) is 0.854. The molecule has 0 aliphatic carbocycles. The molecule has 174 valence electrons. The molecule has 2 aromatic heterocycles. The van der Waals surface area contributed by atoms with E-state index in [4.69, 9.17) is 16.3 Å². The average molecular weight is 481 g/mol. The van der Waals surface area contributed by atoms with Gasteiger partial charge in [0, 0.05) is 29.2 Å². The van der Waals surface area contributed by atoms with Crippen molar-refractivity contribution in [2.75, 3.05) is 12.4 Å². The molecule has 0 bridgehead atoms. The van der Waals surface area contributed by atoms with Crippen LogP contribution in [0.25, 0.3) is 16.7 Å². The molecule has 3 rings (SSSR count). The minimum atomic E-state index is -3.66. The number of carbonyl (C=O) groups excluding carboxylic acids is 1. The van der Waals surface area contributed by atoms with Crippen LogP contribution in [0.15, 0.2) is 30.5 Å². The number of nitrogens with one attached hydrogen (secondary N) is 1. The van der Waals surface area contributed by atoms with Gasteiger partial charge in [-0.1, -0.05) is 31.4 Å². The molecule has 0 saturated carbocycles. The zero-order chi connectivity index (χ0) is 23.3. The molecule has 32 heavy (non-hydrogen) atoms. The second kappa shape index (κ2) is 10.4.